The van der Waals surface area contributed by atoms with Crippen molar-refractivity contribution in [3.8, 4) is 0 Å². The normalized spacial score (nSPS) is 11.9. The first kappa shape index (κ1) is 18.6. The summed E-state index contributed by atoms with van der Waals surface area (Å²) in [6, 6.07) is 9.93. The second-order valence-corrected chi connectivity index (χ2v) is 10.0. The summed E-state index contributed by atoms with van der Waals surface area (Å²) in [4.78, 5) is 26.1. The first-order chi connectivity index (χ1) is 13.3. The van der Waals surface area contributed by atoms with Crippen molar-refractivity contribution in [1.29, 1.82) is 0 Å². The van der Waals surface area contributed by atoms with E-state index >= 15 is 0 Å². The largest absolute Gasteiger partial charge is 0.289 e. The monoisotopic (exact) mass is 482 g/mol. The van der Waals surface area contributed by atoms with E-state index in [1.54, 1.807) is 36.4 Å². The summed E-state index contributed by atoms with van der Waals surface area (Å²) in [5.41, 5.74) is -0.339. The van der Waals surface area contributed by atoms with Crippen molar-refractivity contribution in [1.82, 2.24) is 0 Å². The van der Waals surface area contributed by atoms with Gasteiger partial charge in [0.15, 0.2) is 10.9 Å². The number of fused-ring (bicyclic) bond motifs is 4. The molecule has 0 unspecified atom stereocenters. The van der Waals surface area contributed by atoms with Crippen LogP contribution in [0.5, 0.6) is 0 Å². The predicted octanol–water partition coefficient (Wildman–Crippen LogP) is 7.76. The van der Waals surface area contributed by atoms with E-state index in [4.69, 9.17) is 46.4 Å². The van der Waals surface area contributed by atoms with Gasteiger partial charge < -0.3 is 0 Å². The number of benzene rings is 3. The van der Waals surface area contributed by atoms with Crippen LogP contribution in [-0.4, -0.2) is 0 Å². The number of hydrogen-bond donors (Lipinski definition) is 0. The van der Waals surface area contributed by atoms with Crippen LogP contribution in [0.2, 0.25) is 20.1 Å². The Labute approximate surface area is 185 Å². The molecule has 0 saturated heterocycles. The second-order valence-electron chi connectivity index (χ2n) is 6.24. The van der Waals surface area contributed by atoms with Crippen LogP contribution >= 0.6 is 69.1 Å². The molecule has 3 aromatic carbocycles. The zero-order chi connectivity index (χ0) is 19.7. The molecule has 28 heavy (non-hydrogen) atoms. The molecule has 0 fully saturated rings. The van der Waals surface area contributed by atoms with Crippen molar-refractivity contribution < 1.29 is 0 Å². The highest BCUT2D eigenvalue weighted by Gasteiger charge is 2.15. The van der Waals surface area contributed by atoms with Crippen molar-refractivity contribution in [3.63, 3.8) is 0 Å². The molecular formula is C20H6Cl4O2S2. The molecule has 0 bridgehead atoms. The van der Waals surface area contributed by atoms with Gasteiger partial charge in [-0.3, -0.25) is 9.59 Å². The van der Waals surface area contributed by atoms with Crippen LogP contribution in [0.4, 0.5) is 0 Å². The molecule has 2 aromatic heterocycles. The average Bonchev–Trinajstić information content (AvgIpc) is 2.63. The van der Waals surface area contributed by atoms with Crippen LogP contribution in [-0.2, 0) is 0 Å². The fraction of sp³-hybridized carbons (Fsp3) is 0. The first-order valence-corrected chi connectivity index (χ1v) is 11.1. The third-order valence-electron chi connectivity index (χ3n) is 4.50. The lowest BCUT2D eigenvalue weighted by Crippen LogP contribution is -2.04. The molecule has 0 saturated carbocycles. The molecule has 0 N–H and O–H groups in total. The van der Waals surface area contributed by atoms with Crippen molar-refractivity contribution in [2.24, 2.45) is 0 Å². The first-order valence-electron chi connectivity index (χ1n) is 7.94. The maximum absolute atomic E-state index is 13.1. The maximum Gasteiger partial charge on any atom is 0.196 e. The Balaban J connectivity index is 2.02. The summed E-state index contributed by atoms with van der Waals surface area (Å²) in [7, 11) is 0. The zero-order valence-electron chi connectivity index (χ0n) is 13.6. The molecule has 5 rings (SSSR count). The number of rotatable bonds is 0. The van der Waals surface area contributed by atoms with Gasteiger partial charge in [-0.1, -0.05) is 46.4 Å². The summed E-state index contributed by atoms with van der Waals surface area (Å²) >= 11 is 27.5. The van der Waals surface area contributed by atoms with Crippen molar-refractivity contribution in [2.45, 2.75) is 0 Å². The Bertz CT molecular complexity index is 1480. The summed E-state index contributed by atoms with van der Waals surface area (Å²) < 4.78 is 2.66. The fourth-order valence-corrected chi connectivity index (χ4v) is 6.63. The van der Waals surface area contributed by atoms with Crippen LogP contribution in [0.15, 0.2) is 46.0 Å². The van der Waals surface area contributed by atoms with Gasteiger partial charge in [0, 0.05) is 41.0 Å². The van der Waals surface area contributed by atoms with Gasteiger partial charge in [-0.15, -0.1) is 22.7 Å². The molecule has 2 heterocycles. The van der Waals surface area contributed by atoms with Crippen LogP contribution in [0.1, 0.15) is 0 Å². The molecule has 8 heteroatoms. The molecule has 0 aliphatic rings. The van der Waals surface area contributed by atoms with Crippen molar-refractivity contribution in [3.05, 3.63) is 76.9 Å². The third kappa shape index (κ3) is 2.75. The van der Waals surface area contributed by atoms with Gasteiger partial charge >= 0.3 is 0 Å². The van der Waals surface area contributed by atoms with Crippen LogP contribution in [0, 0.1) is 0 Å². The summed E-state index contributed by atoms with van der Waals surface area (Å²) in [5.74, 6) is 0. The number of hydrogen-bond acceptors (Lipinski definition) is 4. The van der Waals surface area contributed by atoms with Crippen LogP contribution in [0.25, 0.3) is 40.3 Å². The zero-order valence-corrected chi connectivity index (χ0v) is 18.3. The van der Waals surface area contributed by atoms with E-state index in [1.165, 1.54) is 22.7 Å². The molecule has 138 valence electrons. The molecule has 0 aliphatic heterocycles. The topological polar surface area (TPSA) is 34.1 Å². The number of halogens is 4. The maximum atomic E-state index is 13.1. The Morgan fingerprint density at radius 3 is 1.32 bits per heavy atom. The molecule has 0 radical (unpaired) electrons. The van der Waals surface area contributed by atoms with Gasteiger partial charge in [0.25, 0.3) is 0 Å². The Morgan fingerprint density at radius 2 is 0.929 bits per heavy atom. The van der Waals surface area contributed by atoms with E-state index < -0.39 is 0 Å². The third-order valence-corrected chi connectivity index (χ3v) is 8.16. The highest BCUT2D eigenvalue weighted by molar-refractivity contribution is 7.26. The van der Waals surface area contributed by atoms with Gasteiger partial charge in [-0.2, -0.15) is 0 Å². The lowest BCUT2D eigenvalue weighted by atomic mass is 10.1. The Morgan fingerprint density at radius 1 is 0.536 bits per heavy atom. The van der Waals surface area contributed by atoms with Gasteiger partial charge in [0.05, 0.1) is 19.4 Å². The van der Waals surface area contributed by atoms with E-state index in [9.17, 15) is 9.59 Å². The van der Waals surface area contributed by atoms with Gasteiger partial charge in [0.2, 0.25) is 0 Å². The minimum absolute atomic E-state index is 0.169. The average molecular weight is 484 g/mol. The standard InChI is InChI=1S/C20H6Cl4O2S2/c21-7-1-11-17(25)9-5-16-10(6-15(9)27-19(11)13(23)3-7)18(26)12-2-8(22)4-14(24)20(12)28-16/h1-6H. The van der Waals surface area contributed by atoms with E-state index in [0.29, 0.717) is 60.4 Å². The van der Waals surface area contributed by atoms with Gasteiger partial charge in [-0.25, -0.2) is 0 Å². The molecule has 0 aliphatic carbocycles. The summed E-state index contributed by atoms with van der Waals surface area (Å²) in [6.45, 7) is 0. The molecule has 0 atom stereocenters. The molecule has 5 aromatic rings. The Hall–Kier alpha value is -1.40. The van der Waals surface area contributed by atoms with Crippen LogP contribution < -0.4 is 10.9 Å². The SMILES string of the molecule is O=c1c2cc3sc4c(Cl)cc(Cl)cc4c(=O)c3cc2sc2c(Cl)cc(Cl)cc12. The van der Waals surface area contributed by atoms with Crippen molar-refractivity contribution in [2.75, 3.05) is 0 Å². The molecule has 0 amide bonds. The van der Waals surface area contributed by atoms with E-state index in [2.05, 4.69) is 0 Å². The Kier molecular flexibility index (Phi) is 4.36. The smallest absolute Gasteiger partial charge is 0.196 e. The van der Waals surface area contributed by atoms with Gasteiger partial charge in [0.1, 0.15) is 0 Å². The summed E-state index contributed by atoms with van der Waals surface area (Å²) in [6.07, 6.45) is 0. The lowest BCUT2D eigenvalue weighted by Gasteiger charge is -2.07. The lowest BCUT2D eigenvalue weighted by molar-refractivity contribution is 1.75. The minimum Gasteiger partial charge on any atom is -0.289 e. The highest BCUT2D eigenvalue weighted by atomic mass is 35.5. The van der Waals surface area contributed by atoms with Crippen LogP contribution in [0.3, 0.4) is 0 Å². The quantitative estimate of drug-likeness (QED) is 0.211. The van der Waals surface area contributed by atoms with E-state index in [1.807, 2.05) is 0 Å². The molecular weight excluding hydrogens is 478 g/mol. The van der Waals surface area contributed by atoms with Crippen molar-refractivity contribution >= 4 is 109 Å². The van der Waals surface area contributed by atoms with Gasteiger partial charge in [-0.05, 0) is 36.4 Å². The summed E-state index contributed by atoms with van der Waals surface area (Å²) in [5, 5.41) is 3.59. The molecule has 2 nitrogen and oxygen atoms in total. The van der Waals surface area contributed by atoms with E-state index in [-0.39, 0.29) is 10.9 Å². The second kappa shape index (κ2) is 6.56. The highest BCUT2D eigenvalue weighted by Crippen LogP contribution is 2.37. The predicted molar refractivity (Wildman–Crippen MR) is 125 cm³/mol. The fourth-order valence-electron chi connectivity index (χ4n) is 3.26. The minimum atomic E-state index is -0.169. The molecule has 0 spiro atoms. The van der Waals surface area contributed by atoms with E-state index in [0.717, 1.165) is 0 Å².